The predicted octanol–water partition coefficient (Wildman–Crippen LogP) is 1.27. The highest BCUT2D eigenvalue weighted by atomic mass is 16.5. The van der Waals surface area contributed by atoms with Gasteiger partial charge in [-0.2, -0.15) is 0 Å². The monoisotopic (exact) mass is 237 g/mol. The third-order valence-electron chi connectivity index (χ3n) is 2.24. The zero-order valence-corrected chi connectivity index (χ0v) is 10.4. The van der Waals surface area contributed by atoms with Crippen LogP contribution in [0.25, 0.3) is 0 Å². The maximum Gasteiger partial charge on any atom is 0.246 e. The SMILES string of the molecule is COCCOCC(=O)NCc1cccc(C)c1. The Balaban J connectivity index is 2.19. The number of hydrogen-bond acceptors (Lipinski definition) is 3. The molecule has 94 valence electrons. The number of benzene rings is 1. The highest BCUT2D eigenvalue weighted by Gasteiger charge is 2.01. The van der Waals surface area contributed by atoms with Crippen molar-refractivity contribution in [3.63, 3.8) is 0 Å². The number of hydrogen-bond donors (Lipinski definition) is 1. The van der Waals surface area contributed by atoms with Gasteiger partial charge in [-0.15, -0.1) is 0 Å². The van der Waals surface area contributed by atoms with Gasteiger partial charge >= 0.3 is 0 Å². The van der Waals surface area contributed by atoms with Crippen LogP contribution in [0.3, 0.4) is 0 Å². The van der Waals surface area contributed by atoms with E-state index < -0.39 is 0 Å². The molecule has 4 heteroatoms. The molecule has 0 unspecified atom stereocenters. The second-order valence-electron chi connectivity index (χ2n) is 3.81. The minimum atomic E-state index is -0.109. The van der Waals surface area contributed by atoms with E-state index in [1.165, 1.54) is 5.56 Å². The fraction of sp³-hybridized carbons (Fsp3) is 0.462. The zero-order chi connectivity index (χ0) is 12.5. The molecule has 0 saturated carbocycles. The average Bonchev–Trinajstić information content (AvgIpc) is 2.32. The lowest BCUT2D eigenvalue weighted by molar-refractivity contribution is -0.126. The van der Waals surface area contributed by atoms with Gasteiger partial charge in [0, 0.05) is 13.7 Å². The van der Waals surface area contributed by atoms with Gasteiger partial charge in [-0.1, -0.05) is 29.8 Å². The summed E-state index contributed by atoms with van der Waals surface area (Å²) < 4.78 is 9.92. The Bertz CT molecular complexity index is 352. The number of nitrogens with one attached hydrogen (secondary N) is 1. The topological polar surface area (TPSA) is 47.6 Å². The molecular formula is C13H19NO3. The summed E-state index contributed by atoms with van der Waals surface area (Å²) >= 11 is 0. The van der Waals surface area contributed by atoms with Crippen molar-refractivity contribution in [1.29, 1.82) is 0 Å². The van der Waals surface area contributed by atoms with E-state index in [0.29, 0.717) is 19.8 Å². The van der Waals surface area contributed by atoms with Crippen LogP contribution in [0.1, 0.15) is 11.1 Å². The molecule has 0 aromatic heterocycles. The van der Waals surface area contributed by atoms with E-state index in [2.05, 4.69) is 5.32 Å². The standard InChI is InChI=1S/C13H19NO3/c1-11-4-3-5-12(8-11)9-14-13(15)10-17-7-6-16-2/h3-5,8H,6-7,9-10H2,1-2H3,(H,14,15). The molecule has 0 heterocycles. The largest absolute Gasteiger partial charge is 0.382 e. The van der Waals surface area contributed by atoms with Gasteiger partial charge in [0.2, 0.25) is 5.91 Å². The first-order valence-electron chi connectivity index (χ1n) is 5.61. The van der Waals surface area contributed by atoms with Crippen molar-refractivity contribution in [3.05, 3.63) is 35.4 Å². The van der Waals surface area contributed by atoms with E-state index in [0.717, 1.165) is 5.56 Å². The number of methoxy groups -OCH3 is 1. The Morgan fingerprint density at radius 2 is 2.18 bits per heavy atom. The second-order valence-corrected chi connectivity index (χ2v) is 3.81. The molecule has 0 bridgehead atoms. The quantitative estimate of drug-likeness (QED) is 0.727. The van der Waals surface area contributed by atoms with Crippen molar-refractivity contribution in [1.82, 2.24) is 5.32 Å². The third-order valence-corrected chi connectivity index (χ3v) is 2.24. The van der Waals surface area contributed by atoms with Crippen LogP contribution in [-0.2, 0) is 20.8 Å². The number of aryl methyl sites for hydroxylation is 1. The summed E-state index contributed by atoms with van der Waals surface area (Å²) in [6.07, 6.45) is 0. The Morgan fingerprint density at radius 1 is 1.35 bits per heavy atom. The highest BCUT2D eigenvalue weighted by molar-refractivity contribution is 5.77. The fourth-order valence-electron chi connectivity index (χ4n) is 1.38. The summed E-state index contributed by atoms with van der Waals surface area (Å²) in [4.78, 5) is 11.4. The van der Waals surface area contributed by atoms with E-state index >= 15 is 0 Å². The molecule has 0 aliphatic heterocycles. The molecular weight excluding hydrogens is 218 g/mol. The fourth-order valence-corrected chi connectivity index (χ4v) is 1.38. The lowest BCUT2D eigenvalue weighted by Gasteiger charge is -2.06. The zero-order valence-electron chi connectivity index (χ0n) is 10.4. The smallest absolute Gasteiger partial charge is 0.246 e. The molecule has 0 saturated heterocycles. The first kappa shape index (κ1) is 13.7. The van der Waals surface area contributed by atoms with Gasteiger partial charge in [0.15, 0.2) is 0 Å². The van der Waals surface area contributed by atoms with Gasteiger partial charge in [0.05, 0.1) is 13.2 Å². The molecule has 1 amide bonds. The van der Waals surface area contributed by atoms with E-state index in [1.807, 2.05) is 31.2 Å². The Labute approximate surface area is 102 Å². The van der Waals surface area contributed by atoms with Crippen LogP contribution < -0.4 is 5.32 Å². The van der Waals surface area contributed by atoms with Crippen LogP contribution in [0.4, 0.5) is 0 Å². The Kier molecular flexibility index (Phi) is 6.29. The van der Waals surface area contributed by atoms with E-state index in [-0.39, 0.29) is 12.5 Å². The maximum atomic E-state index is 11.4. The lowest BCUT2D eigenvalue weighted by atomic mass is 10.1. The average molecular weight is 237 g/mol. The van der Waals surface area contributed by atoms with Gasteiger partial charge < -0.3 is 14.8 Å². The summed E-state index contributed by atoms with van der Waals surface area (Å²) in [6.45, 7) is 3.59. The normalized spacial score (nSPS) is 10.2. The number of carbonyl (C=O) groups excluding carboxylic acids is 1. The van der Waals surface area contributed by atoms with Crippen molar-refractivity contribution in [3.8, 4) is 0 Å². The van der Waals surface area contributed by atoms with Crippen molar-refractivity contribution < 1.29 is 14.3 Å². The summed E-state index contributed by atoms with van der Waals surface area (Å²) in [7, 11) is 1.60. The lowest BCUT2D eigenvalue weighted by Crippen LogP contribution is -2.27. The molecule has 4 nitrogen and oxygen atoms in total. The van der Waals surface area contributed by atoms with Crippen molar-refractivity contribution in [2.24, 2.45) is 0 Å². The molecule has 17 heavy (non-hydrogen) atoms. The molecule has 0 aliphatic carbocycles. The third kappa shape index (κ3) is 6.04. The number of rotatable bonds is 7. The number of ether oxygens (including phenoxy) is 2. The summed E-state index contributed by atoms with van der Waals surface area (Å²) in [5.41, 5.74) is 2.28. The first-order chi connectivity index (χ1) is 8.22. The Morgan fingerprint density at radius 3 is 2.88 bits per heavy atom. The van der Waals surface area contributed by atoms with Crippen LogP contribution >= 0.6 is 0 Å². The van der Waals surface area contributed by atoms with Gasteiger partial charge in [-0.05, 0) is 12.5 Å². The molecule has 1 aromatic rings. The molecule has 1 rings (SSSR count). The van der Waals surface area contributed by atoms with Crippen LogP contribution in [-0.4, -0.2) is 32.8 Å². The van der Waals surface area contributed by atoms with Crippen LogP contribution in [0, 0.1) is 6.92 Å². The van der Waals surface area contributed by atoms with Crippen molar-refractivity contribution in [2.45, 2.75) is 13.5 Å². The molecule has 0 spiro atoms. The molecule has 0 atom stereocenters. The molecule has 0 fully saturated rings. The first-order valence-corrected chi connectivity index (χ1v) is 5.61. The van der Waals surface area contributed by atoms with Gasteiger partial charge in [-0.25, -0.2) is 0 Å². The minimum absolute atomic E-state index is 0.0785. The number of amides is 1. The molecule has 0 aliphatic rings. The summed E-state index contributed by atoms with van der Waals surface area (Å²) in [5, 5.41) is 2.80. The van der Waals surface area contributed by atoms with Crippen LogP contribution in [0.5, 0.6) is 0 Å². The minimum Gasteiger partial charge on any atom is -0.382 e. The maximum absolute atomic E-state index is 11.4. The van der Waals surface area contributed by atoms with E-state index in [1.54, 1.807) is 7.11 Å². The Hall–Kier alpha value is -1.39. The van der Waals surface area contributed by atoms with Crippen LogP contribution in [0.15, 0.2) is 24.3 Å². The predicted molar refractivity (Wildman–Crippen MR) is 65.7 cm³/mol. The van der Waals surface area contributed by atoms with E-state index in [4.69, 9.17) is 9.47 Å². The summed E-state index contributed by atoms with van der Waals surface area (Å²) in [5.74, 6) is -0.109. The number of carbonyl (C=O) groups is 1. The second kappa shape index (κ2) is 7.81. The summed E-state index contributed by atoms with van der Waals surface area (Å²) in [6, 6.07) is 8.04. The van der Waals surface area contributed by atoms with Gasteiger partial charge in [0.25, 0.3) is 0 Å². The molecule has 1 N–H and O–H groups in total. The van der Waals surface area contributed by atoms with Gasteiger partial charge in [0.1, 0.15) is 6.61 Å². The van der Waals surface area contributed by atoms with Gasteiger partial charge in [-0.3, -0.25) is 4.79 Å². The van der Waals surface area contributed by atoms with Crippen molar-refractivity contribution >= 4 is 5.91 Å². The van der Waals surface area contributed by atoms with Crippen LogP contribution in [0.2, 0.25) is 0 Å². The highest BCUT2D eigenvalue weighted by Crippen LogP contribution is 2.02. The van der Waals surface area contributed by atoms with E-state index in [9.17, 15) is 4.79 Å². The molecule has 1 aromatic carbocycles. The van der Waals surface area contributed by atoms with Crippen molar-refractivity contribution in [2.75, 3.05) is 26.9 Å². The molecule has 0 radical (unpaired) electrons.